The number of carbonyl (C=O) groups excluding carboxylic acids is 1. The standard InChI is InChI=1S/C17H15N5O/c23-17(7-6-14-4-2-1-3-5-14)19-12-15-13-22(21-20-15)16-8-10-18-11-9-16/h1-11,13H,12H2,(H,19,23). The maximum absolute atomic E-state index is 11.8. The van der Waals surface area contributed by atoms with E-state index in [1.54, 1.807) is 29.3 Å². The maximum Gasteiger partial charge on any atom is 0.244 e. The topological polar surface area (TPSA) is 72.7 Å². The van der Waals surface area contributed by atoms with E-state index in [0.717, 1.165) is 11.3 Å². The van der Waals surface area contributed by atoms with Gasteiger partial charge in [0.25, 0.3) is 0 Å². The molecule has 3 rings (SSSR count). The molecule has 114 valence electrons. The molecular formula is C17H15N5O. The van der Waals surface area contributed by atoms with E-state index < -0.39 is 0 Å². The molecule has 6 nitrogen and oxygen atoms in total. The minimum atomic E-state index is -0.174. The van der Waals surface area contributed by atoms with Crippen molar-refractivity contribution in [1.29, 1.82) is 0 Å². The molecule has 0 aliphatic carbocycles. The van der Waals surface area contributed by atoms with Gasteiger partial charge in [-0.1, -0.05) is 35.5 Å². The van der Waals surface area contributed by atoms with Crippen LogP contribution in [0.1, 0.15) is 11.3 Å². The van der Waals surface area contributed by atoms with Gasteiger partial charge in [0.15, 0.2) is 0 Å². The third-order valence-corrected chi connectivity index (χ3v) is 3.14. The number of hydrogen-bond acceptors (Lipinski definition) is 4. The number of pyridine rings is 1. The number of rotatable bonds is 5. The summed E-state index contributed by atoms with van der Waals surface area (Å²) in [5.41, 5.74) is 2.53. The van der Waals surface area contributed by atoms with Crippen LogP contribution in [-0.4, -0.2) is 25.9 Å². The first-order chi connectivity index (χ1) is 11.3. The van der Waals surface area contributed by atoms with Gasteiger partial charge in [-0.2, -0.15) is 0 Å². The second kappa shape index (κ2) is 7.13. The van der Waals surface area contributed by atoms with Gasteiger partial charge in [0.2, 0.25) is 5.91 Å². The Morgan fingerprint density at radius 3 is 2.70 bits per heavy atom. The first-order valence-electron chi connectivity index (χ1n) is 7.14. The van der Waals surface area contributed by atoms with Crippen molar-refractivity contribution in [3.8, 4) is 5.69 Å². The van der Waals surface area contributed by atoms with Gasteiger partial charge in [-0.15, -0.1) is 5.10 Å². The second-order valence-electron chi connectivity index (χ2n) is 4.82. The van der Waals surface area contributed by atoms with E-state index >= 15 is 0 Å². The SMILES string of the molecule is O=C(C=Cc1ccccc1)NCc1cn(-c2ccncc2)nn1. The van der Waals surface area contributed by atoms with Crippen molar-refractivity contribution >= 4 is 12.0 Å². The number of nitrogens with zero attached hydrogens (tertiary/aromatic N) is 4. The number of amides is 1. The molecule has 0 spiro atoms. The molecule has 0 saturated carbocycles. The summed E-state index contributed by atoms with van der Waals surface area (Å²) in [4.78, 5) is 15.8. The van der Waals surface area contributed by atoms with Crippen LogP contribution >= 0.6 is 0 Å². The first-order valence-corrected chi connectivity index (χ1v) is 7.14. The molecule has 0 aliphatic heterocycles. The van der Waals surface area contributed by atoms with Crippen molar-refractivity contribution in [3.05, 3.63) is 78.4 Å². The van der Waals surface area contributed by atoms with Crippen LogP contribution in [0.25, 0.3) is 11.8 Å². The molecule has 6 heteroatoms. The molecule has 0 atom stereocenters. The Labute approximate surface area is 133 Å². The molecule has 3 aromatic rings. The minimum Gasteiger partial charge on any atom is -0.347 e. The van der Waals surface area contributed by atoms with Crippen molar-refractivity contribution < 1.29 is 4.79 Å². The molecule has 1 aromatic carbocycles. The molecule has 1 amide bonds. The molecule has 0 aliphatic rings. The Bertz CT molecular complexity index is 796. The molecular weight excluding hydrogens is 290 g/mol. The maximum atomic E-state index is 11.8. The van der Waals surface area contributed by atoms with Crippen LogP contribution in [-0.2, 0) is 11.3 Å². The van der Waals surface area contributed by atoms with E-state index in [0.29, 0.717) is 12.2 Å². The average Bonchev–Trinajstić information content (AvgIpc) is 3.09. The monoisotopic (exact) mass is 305 g/mol. The van der Waals surface area contributed by atoms with Gasteiger partial charge < -0.3 is 5.32 Å². The highest BCUT2D eigenvalue weighted by Crippen LogP contribution is 2.04. The lowest BCUT2D eigenvalue weighted by molar-refractivity contribution is -0.116. The molecule has 0 bridgehead atoms. The number of hydrogen-bond donors (Lipinski definition) is 1. The largest absolute Gasteiger partial charge is 0.347 e. The van der Waals surface area contributed by atoms with Crippen LogP contribution in [0, 0.1) is 0 Å². The highest BCUT2D eigenvalue weighted by molar-refractivity contribution is 5.91. The van der Waals surface area contributed by atoms with Gasteiger partial charge in [0.05, 0.1) is 18.4 Å². The lowest BCUT2D eigenvalue weighted by Gasteiger charge is -1.98. The van der Waals surface area contributed by atoms with Gasteiger partial charge in [0, 0.05) is 18.5 Å². The highest BCUT2D eigenvalue weighted by atomic mass is 16.1. The van der Waals surface area contributed by atoms with Crippen LogP contribution in [0.5, 0.6) is 0 Å². The summed E-state index contributed by atoms with van der Waals surface area (Å²) in [7, 11) is 0. The Kier molecular flexibility index (Phi) is 4.54. The Morgan fingerprint density at radius 1 is 1.13 bits per heavy atom. The summed E-state index contributed by atoms with van der Waals surface area (Å²) in [5, 5.41) is 10.8. The van der Waals surface area contributed by atoms with Gasteiger partial charge in [-0.05, 0) is 23.8 Å². The third kappa shape index (κ3) is 4.10. The van der Waals surface area contributed by atoms with E-state index in [-0.39, 0.29) is 5.91 Å². The van der Waals surface area contributed by atoms with Crippen molar-refractivity contribution in [2.24, 2.45) is 0 Å². The van der Waals surface area contributed by atoms with E-state index in [1.165, 1.54) is 6.08 Å². The highest BCUT2D eigenvalue weighted by Gasteiger charge is 2.03. The van der Waals surface area contributed by atoms with Crippen molar-refractivity contribution in [2.45, 2.75) is 6.54 Å². The second-order valence-corrected chi connectivity index (χ2v) is 4.82. The number of benzene rings is 1. The normalized spacial score (nSPS) is 10.8. The fourth-order valence-corrected chi connectivity index (χ4v) is 1.98. The smallest absolute Gasteiger partial charge is 0.244 e. The molecule has 0 saturated heterocycles. The molecule has 0 unspecified atom stereocenters. The summed E-state index contributed by atoms with van der Waals surface area (Å²) in [6.07, 6.45) is 8.42. The van der Waals surface area contributed by atoms with Crippen LogP contribution in [0.15, 0.2) is 67.1 Å². The Balaban J connectivity index is 1.55. The fraction of sp³-hybridized carbons (Fsp3) is 0.0588. The molecule has 23 heavy (non-hydrogen) atoms. The van der Waals surface area contributed by atoms with E-state index in [9.17, 15) is 4.79 Å². The summed E-state index contributed by atoms with van der Waals surface area (Å²) in [5.74, 6) is -0.174. The molecule has 2 aromatic heterocycles. The Hall–Kier alpha value is -3.28. The zero-order chi connectivity index (χ0) is 15.9. The number of aromatic nitrogens is 4. The lowest BCUT2D eigenvalue weighted by Crippen LogP contribution is -2.20. The summed E-state index contributed by atoms with van der Waals surface area (Å²) in [6.45, 7) is 0.322. The first kappa shape index (κ1) is 14.6. The predicted molar refractivity (Wildman–Crippen MR) is 86.5 cm³/mol. The van der Waals surface area contributed by atoms with Gasteiger partial charge >= 0.3 is 0 Å². The van der Waals surface area contributed by atoms with Gasteiger partial charge in [0.1, 0.15) is 5.69 Å². The summed E-state index contributed by atoms with van der Waals surface area (Å²) < 4.78 is 1.64. The van der Waals surface area contributed by atoms with E-state index in [4.69, 9.17) is 0 Å². The zero-order valence-corrected chi connectivity index (χ0v) is 12.3. The van der Waals surface area contributed by atoms with Crippen LogP contribution in [0.3, 0.4) is 0 Å². The molecule has 0 radical (unpaired) electrons. The van der Waals surface area contributed by atoms with Crippen LogP contribution in [0.4, 0.5) is 0 Å². The van der Waals surface area contributed by atoms with Crippen LogP contribution in [0.2, 0.25) is 0 Å². The minimum absolute atomic E-state index is 0.174. The van der Waals surface area contributed by atoms with Crippen LogP contribution < -0.4 is 5.32 Å². The third-order valence-electron chi connectivity index (χ3n) is 3.14. The van der Waals surface area contributed by atoms with E-state index in [2.05, 4.69) is 20.6 Å². The predicted octanol–water partition coefficient (Wildman–Crippen LogP) is 1.99. The van der Waals surface area contributed by atoms with Gasteiger partial charge in [-0.3, -0.25) is 9.78 Å². The lowest BCUT2D eigenvalue weighted by atomic mass is 10.2. The van der Waals surface area contributed by atoms with E-state index in [1.807, 2.05) is 42.5 Å². The Morgan fingerprint density at radius 2 is 1.91 bits per heavy atom. The van der Waals surface area contributed by atoms with Crippen molar-refractivity contribution in [3.63, 3.8) is 0 Å². The quantitative estimate of drug-likeness (QED) is 0.732. The summed E-state index contributed by atoms with van der Waals surface area (Å²) >= 11 is 0. The zero-order valence-electron chi connectivity index (χ0n) is 12.3. The molecule has 1 N–H and O–H groups in total. The molecule has 2 heterocycles. The fourth-order valence-electron chi connectivity index (χ4n) is 1.98. The average molecular weight is 305 g/mol. The van der Waals surface area contributed by atoms with Gasteiger partial charge in [-0.25, -0.2) is 4.68 Å². The molecule has 0 fully saturated rings. The van der Waals surface area contributed by atoms with Crippen molar-refractivity contribution in [2.75, 3.05) is 0 Å². The summed E-state index contributed by atoms with van der Waals surface area (Å²) in [6, 6.07) is 13.3. The van der Waals surface area contributed by atoms with Crippen molar-refractivity contribution in [1.82, 2.24) is 25.3 Å². The number of nitrogens with one attached hydrogen (secondary N) is 1. The number of carbonyl (C=O) groups is 1.